The van der Waals surface area contributed by atoms with Crippen LogP contribution in [0.4, 0.5) is 5.69 Å². The number of anilines is 1. The van der Waals surface area contributed by atoms with Crippen molar-refractivity contribution in [2.45, 2.75) is 38.1 Å². The number of hydrogen-bond donors (Lipinski definition) is 1. The predicted octanol–water partition coefficient (Wildman–Crippen LogP) is 4.36. The Labute approximate surface area is 108 Å². The summed E-state index contributed by atoms with van der Waals surface area (Å²) in [6.45, 7) is 0. The summed E-state index contributed by atoms with van der Waals surface area (Å²) in [5.74, 6) is 0. The Bertz CT molecular complexity index is 296. The van der Waals surface area contributed by atoms with Gasteiger partial charge >= 0.3 is 0 Å². The van der Waals surface area contributed by atoms with Gasteiger partial charge in [0.15, 0.2) is 0 Å². The number of benzene rings is 1. The maximum absolute atomic E-state index is 4.35. The highest BCUT2D eigenvalue weighted by molar-refractivity contribution is 8.10. The van der Waals surface area contributed by atoms with Gasteiger partial charge in [-0.05, 0) is 36.9 Å². The third-order valence-corrected chi connectivity index (χ3v) is 4.36. The Kier molecular flexibility index (Phi) is 4.91. The van der Waals surface area contributed by atoms with Crippen molar-refractivity contribution >= 4 is 30.3 Å². The molecule has 3 heteroatoms. The summed E-state index contributed by atoms with van der Waals surface area (Å²) in [5.41, 5.74) is 1.33. The van der Waals surface area contributed by atoms with Gasteiger partial charge in [-0.2, -0.15) is 12.6 Å². The van der Waals surface area contributed by atoms with Gasteiger partial charge in [0.1, 0.15) is 0 Å². The summed E-state index contributed by atoms with van der Waals surface area (Å²) in [6, 6.07) is 11.4. The maximum atomic E-state index is 4.35. The molecule has 1 aromatic rings. The minimum Gasteiger partial charge on any atom is -0.313 e. The van der Waals surface area contributed by atoms with E-state index >= 15 is 0 Å². The van der Waals surface area contributed by atoms with E-state index in [1.807, 2.05) is 11.9 Å². The number of nitrogens with zero attached hydrogens (tertiary/aromatic N) is 1. The largest absolute Gasteiger partial charge is 0.313 e. The molecule has 0 bridgehead atoms. The molecule has 0 heterocycles. The zero-order chi connectivity index (χ0) is 11.2. The second-order valence-corrected chi connectivity index (χ2v) is 5.90. The van der Waals surface area contributed by atoms with Crippen LogP contribution in [-0.2, 0) is 0 Å². The Morgan fingerprint density at radius 3 is 2.44 bits per heavy atom. The van der Waals surface area contributed by atoms with Gasteiger partial charge in [0.05, 0.1) is 5.08 Å². The van der Waals surface area contributed by atoms with Crippen molar-refractivity contribution in [3.05, 3.63) is 30.3 Å². The van der Waals surface area contributed by atoms with Gasteiger partial charge in [-0.3, -0.25) is 0 Å². The fourth-order valence-corrected chi connectivity index (χ4v) is 3.53. The summed E-state index contributed by atoms with van der Waals surface area (Å²) >= 11 is 6.18. The third-order valence-electron chi connectivity index (χ3n) is 3.11. The molecule has 0 radical (unpaired) electrons. The highest BCUT2D eigenvalue weighted by Gasteiger charge is 2.21. The number of rotatable bonds is 4. The van der Waals surface area contributed by atoms with Crippen LogP contribution in [0.3, 0.4) is 0 Å². The first-order valence-corrected chi connectivity index (χ1v) is 7.57. The SMILES string of the molecule is SCSN(c1ccccc1)C1CCCCC1. The van der Waals surface area contributed by atoms with E-state index < -0.39 is 0 Å². The van der Waals surface area contributed by atoms with E-state index in [-0.39, 0.29) is 0 Å². The molecule has 0 spiro atoms. The Morgan fingerprint density at radius 1 is 1.12 bits per heavy atom. The van der Waals surface area contributed by atoms with Gasteiger partial charge in [-0.1, -0.05) is 37.5 Å². The monoisotopic (exact) mass is 253 g/mol. The third kappa shape index (κ3) is 3.11. The van der Waals surface area contributed by atoms with Gasteiger partial charge in [-0.25, -0.2) is 0 Å². The van der Waals surface area contributed by atoms with Crippen LogP contribution in [0.1, 0.15) is 32.1 Å². The molecular formula is C13H19NS2. The zero-order valence-corrected chi connectivity index (χ0v) is 11.2. The molecule has 0 aromatic heterocycles. The van der Waals surface area contributed by atoms with Crippen molar-refractivity contribution in [2.24, 2.45) is 0 Å². The first-order chi connectivity index (χ1) is 7.92. The minimum absolute atomic E-state index is 0.702. The zero-order valence-electron chi connectivity index (χ0n) is 9.51. The first kappa shape index (κ1) is 12.2. The lowest BCUT2D eigenvalue weighted by Crippen LogP contribution is -2.31. The van der Waals surface area contributed by atoms with Crippen molar-refractivity contribution in [1.82, 2.24) is 0 Å². The van der Waals surface area contributed by atoms with Crippen LogP contribution < -0.4 is 4.31 Å². The van der Waals surface area contributed by atoms with Crippen LogP contribution in [-0.4, -0.2) is 11.1 Å². The molecule has 0 amide bonds. The lowest BCUT2D eigenvalue weighted by molar-refractivity contribution is 0.447. The van der Waals surface area contributed by atoms with Crippen molar-refractivity contribution in [3.8, 4) is 0 Å². The average molecular weight is 253 g/mol. The van der Waals surface area contributed by atoms with Gasteiger partial charge in [0.2, 0.25) is 0 Å². The number of hydrogen-bond acceptors (Lipinski definition) is 3. The Morgan fingerprint density at radius 2 is 1.81 bits per heavy atom. The van der Waals surface area contributed by atoms with E-state index in [0.29, 0.717) is 6.04 Å². The van der Waals surface area contributed by atoms with Gasteiger partial charge in [0, 0.05) is 11.7 Å². The number of thiol groups is 1. The van der Waals surface area contributed by atoms with Crippen molar-refractivity contribution in [2.75, 3.05) is 9.39 Å². The fourth-order valence-electron chi connectivity index (χ4n) is 2.34. The van der Waals surface area contributed by atoms with Crippen LogP contribution in [0.5, 0.6) is 0 Å². The summed E-state index contributed by atoms with van der Waals surface area (Å²) < 4.78 is 2.46. The summed E-state index contributed by atoms with van der Waals surface area (Å²) in [4.78, 5) is 0. The maximum Gasteiger partial charge on any atom is 0.0562 e. The molecule has 2 rings (SSSR count). The van der Waals surface area contributed by atoms with Crippen LogP contribution in [0.25, 0.3) is 0 Å². The fraction of sp³-hybridized carbons (Fsp3) is 0.538. The molecule has 1 saturated carbocycles. The van der Waals surface area contributed by atoms with Gasteiger partial charge < -0.3 is 4.31 Å². The first-order valence-electron chi connectivity index (χ1n) is 6.00. The summed E-state index contributed by atoms with van der Waals surface area (Å²) in [5, 5.41) is 0.853. The number of para-hydroxylation sites is 1. The topological polar surface area (TPSA) is 3.24 Å². The van der Waals surface area contributed by atoms with E-state index in [1.165, 1.54) is 37.8 Å². The molecule has 1 aromatic carbocycles. The molecule has 1 fully saturated rings. The van der Waals surface area contributed by atoms with Crippen LogP contribution in [0, 0.1) is 0 Å². The molecule has 0 aliphatic heterocycles. The van der Waals surface area contributed by atoms with E-state index in [9.17, 15) is 0 Å². The van der Waals surface area contributed by atoms with Crippen molar-refractivity contribution in [1.29, 1.82) is 0 Å². The lowest BCUT2D eigenvalue weighted by atomic mass is 9.95. The second kappa shape index (κ2) is 6.45. The highest BCUT2D eigenvalue weighted by atomic mass is 32.2. The standard InChI is InChI=1S/C13H19NS2/c15-11-16-14(12-7-3-1-4-8-12)13-9-5-2-6-10-13/h1,3-4,7-8,13,15H,2,5-6,9-11H2. The van der Waals surface area contributed by atoms with Crippen molar-refractivity contribution < 1.29 is 0 Å². The van der Waals surface area contributed by atoms with Gasteiger partial charge in [-0.15, -0.1) is 0 Å². The minimum atomic E-state index is 0.702. The Hall–Kier alpha value is -0.280. The van der Waals surface area contributed by atoms with Crippen LogP contribution in [0.15, 0.2) is 30.3 Å². The normalized spacial score (nSPS) is 17.3. The molecule has 1 aliphatic rings. The van der Waals surface area contributed by atoms with Gasteiger partial charge in [0.25, 0.3) is 0 Å². The average Bonchev–Trinajstić information content (AvgIpc) is 2.38. The van der Waals surface area contributed by atoms with E-state index in [0.717, 1.165) is 5.08 Å². The Balaban J connectivity index is 2.09. The quantitative estimate of drug-likeness (QED) is 0.482. The molecule has 0 N–H and O–H groups in total. The summed E-state index contributed by atoms with van der Waals surface area (Å²) in [7, 11) is 0. The molecule has 16 heavy (non-hydrogen) atoms. The van der Waals surface area contributed by atoms with E-state index in [4.69, 9.17) is 0 Å². The molecule has 1 aliphatic carbocycles. The summed E-state index contributed by atoms with van der Waals surface area (Å²) in [6.07, 6.45) is 6.82. The van der Waals surface area contributed by atoms with Crippen molar-refractivity contribution in [3.63, 3.8) is 0 Å². The molecule has 0 unspecified atom stereocenters. The molecule has 88 valence electrons. The molecule has 0 saturated heterocycles. The lowest BCUT2D eigenvalue weighted by Gasteiger charge is -2.34. The smallest absolute Gasteiger partial charge is 0.0562 e. The van der Waals surface area contributed by atoms with Crippen LogP contribution in [0.2, 0.25) is 0 Å². The second-order valence-electron chi connectivity index (χ2n) is 4.21. The predicted molar refractivity (Wildman–Crippen MR) is 77.2 cm³/mol. The van der Waals surface area contributed by atoms with E-state index in [1.54, 1.807) is 0 Å². The molecular weight excluding hydrogens is 234 g/mol. The van der Waals surface area contributed by atoms with E-state index in [2.05, 4.69) is 47.3 Å². The highest BCUT2D eigenvalue weighted by Crippen LogP contribution is 2.32. The molecule has 0 atom stereocenters. The van der Waals surface area contributed by atoms with Crippen LogP contribution >= 0.6 is 24.6 Å². The molecule has 1 nitrogen and oxygen atoms in total.